The highest BCUT2D eigenvalue weighted by molar-refractivity contribution is 9.10. The highest BCUT2D eigenvalue weighted by Gasteiger charge is 2.22. The van der Waals surface area contributed by atoms with Gasteiger partial charge in [0, 0.05) is 12.1 Å². The summed E-state index contributed by atoms with van der Waals surface area (Å²) in [6.07, 6.45) is 2.36. The van der Waals surface area contributed by atoms with E-state index >= 15 is 0 Å². The van der Waals surface area contributed by atoms with Gasteiger partial charge in [-0.05, 0) is 59.8 Å². The molecule has 1 aliphatic carbocycles. The number of benzene rings is 1. The van der Waals surface area contributed by atoms with Crippen LogP contribution in [-0.2, 0) is 6.54 Å². The summed E-state index contributed by atoms with van der Waals surface area (Å²) in [6.45, 7) is 0.853. The van der Waals surface area contributed by atoms with Crippen LogP contribution in [0.15, 0.2) is 16.6 Å². The Hall–Kier alpha value is -0.520. The van der Waals surface area contributed by atoms with E-state index in [0.717, 1.165) is 19.3 Å². The van der Waals surface area contributed by atoms with Crippen molar-refractivity contribution in [1.29, 1.82) is 0 Å². The van der Waals surface area contributed by atoms with Crippen molar-refractivity contribution in [3.05, 3.63) is 33.8 Å². The molecule has 1 aromatic rings. The zero-order valence-corrected chi connectivity index (χ0v) is 11.5. The van der Waals surface area contributed by atoms with Crippen LogP contribution in [0.1, 0.15) is 24.8 Å². The number of halogens is 3. The number of hydrogen-bond acceptors (Lipinski definition) is 2. The summed E-state index contributed by atoms with van der Waals surface area (Å²) in [6, 6.07) is 2.62. The number of aliphatic hydroxyl groups is 1. The Morgan fingerprint density at radius 3 is 2.78 bits per heavy atom. The van der Waals surface area contributed by atoms with Gasteiger partial charge in [0.25, 0.3) is 0 Å². The Labute approximate surface area is 114 Å². The predicted octanol–water partition coefficient (Wildman–Crippen LogP) is 2.98. The second kappa shape index (κ2) is 6.08. The summed E-state index contributed by atoms with van der Waals surface area (Å²) in [7, 11) is 0. The third kappa shape index (κ3) is 3.28. The molecule has 100 valence electrons. The number of aliphatic hydroxyl groups excluding tert-OH is 1. The van der Waals surface area contributed by atoms with Crippen LogP contribution in [0.4, 0.5) is 8.78 Å². The summed E-state index contributed by atoms with van der Waals surface area (Å²) < 4.78 is 27.4. The zero-order chi connectivity index (χ0) is 13.1. The quantitative estimate of drug-likeness (QED) is 0.836. The van der Waals surface area contributed by atoms with Crippen molar-refractivity contribution in [2.24, 2.45) is 5.92 Å². The summed E-state index contributed by atoms with van der Waals surface area (Å²) in [5, 5.41) is 12.4. The minimum absolute atomic E-state index is 0.0583. The maximum Gasteiger partial charge on any atom is 0.144 e. The first kappa shape index (κ1) is 13.9. The molecule has 2 atom stereocenters. The van der Waals surface area contributed by atoms with E-state index in [-0.39, 0.29) is 22.7 Å². The van der Waals surface area contributed by atoms with Crippen LogP contribution in [0.3, 0.4) is 0 Å². The van der Waals surface area contributed by atoms with Crippen molar-refractivity contribution in [2.45, 2.75) is 31.9 Å². The monoisotopic (exact) mass is 319 g/mol. The van der Waals surface area contributed by atoms with Gasteiger partial charge in [-0.25, -0.2) is 8.78 Å². The molecule has 0 aliphatic heterocycles. The van der Waals surface area contributed by atoms with Crippen LogP contribution in [0.5, 0.6) is 0 Å². The molecule has 0 heterocycles. The molecular weight excluding hydrogens is 304 g/mol. The molecular formula is C13H16BrF2NO. The lowest BCUT2D eigenvalue weighted by Crippen LogP contribution is -2.22. The van der Waals surface area contributed by atoms with Gasteiger partial charge in [-0.3, -0.25) is 0 Å². The average molecular weight is 320 g/mol. The fourth-order valence-electron chi connectivity index (χ4n) is 2.37. The van der Waals surface area contributed by atoms with Gasteiger partial charge >= 0.3 is 0 Å². The second-order valence-corrected chi connectivity index (χ2v) is 5.64. The molecule has 2 nitrogen and oxygen atoms in total. The van der Waals surface area contributed by atoms with Crippen molar-refractivity contribution in [2.75, 3.05) is 6.54 Å². The lowest BCUT2D eigenvalue weighted by Gasteiger charge is -2.12. The molecule has 1 saturated carbocycles. The van der Waals surface area contributed by atoms with Gasteiger partial charge in [-0.15, -0.1) is 0 Å². The lowest BCUT2D eigenvalue weighted by atomic mass is 10.1. The molecule has 0 saturated heterocycles. The van der Waals surface area contributed by atoms with Gasteiger partial charge < -0.3 is 10.4 Å². The van der Waals surface area contributed by atoms with E-state index in [1.54, 1.807) is 0 Å². The van der Waals surface area contributed by atoms with E-state index in [9.17, 15) is 13.9 Å². The van der Waals surface area contributed by atoms with E-state index in [1.807, 2.05) is 0 Å². The largest absolute Gasteiger partial charge is 0.393 e. The van der Waals surface area contributed by atoms with Crippen LogP contribution >= 0.6 is 15.9 Å². The van der Waals surface area contributed by atoms with E-state index in [0.29, 0.717) is 12.5 Å². The Balaban J connectivity index is 1.88. The number of hydrogen-bond donors (Lipinski definition) is 2. The van der Waals surface area contributed by atoms with Crippen molar-refractivity contribution in [1.82, 2.24) is 5.32 Å². The average Bonchev–Trinajstić information content (AvgIpc) is 2.74. The molecule has 18 heavy (non-hydrogen) atoms. The second-order valence-electron chi connectivity index (χ2n) is 4.79. The SMILES string of the molecule is OC1CCC(CNCc2c(F)ccc(Br)c2F)C1. The van der Waals surface area contributed by atoms with Crippen molar-refractivity contribution < 1.29 is 13.9 Å². The molecule has 1 aromatic carbocycles. The molecule has 5 heteroatoms. The third-order valence-electron chi connectivity index (χ3n) is 3.39. The first-order chi connectivity index (χ1) is 8.58. The van der Waals surface area contributed by atoms with Crippen LogP contribution in [-0.4, -0.2) is 17.8 Å². The molecule has 0 amide bonds. The summed E-state index contributed by atoms with van der Waals surface area (Å²) in [5.41, 5.74) is 0.0583. The first-order valence-corrected chi connectivity index (χ1v) is 6.88. The molecule has 0 bridgehead atoms. The van der Waals surface area contributed by atoms with E-state index in [2.05, 4.69) is 21.2 Å². The Morgan fingerprint density at radius 1 is 1.33 bits per heavy atom. The predicted molar refractivity (Wildman–Crippen MR) is 69.1 cm³/mol. The standard InChI is InChI=1S/C13H16BrF2NO/c14-11-3-4-12(15)10(13(11)16)7-17-6-8-1-2-9(18)5-8/h3-4,8-9,17-18H,1-2,5-7H2. The highest BCUT2D eigenvalue weighted by atomic mass is 79.9. The molecule has 2 rings (SSSR count). The molecule has 2 N–H and O–H groups in total. The van der Waals surface area contributed by atoms with Gasteiger partial charge in [0.05, 0.1) is 10.6 Å². The minimum Gasteiger partial charge on any atom is -0.393 e. The topological polar surface area (TPSA) is 32.3 Å². The summed E-state index contributed by atoms with van der Waals surface area (Å²) in [5.74, 6) is -0.679. The van der Waals surface area contributed by atoms with Crippen molar-refractivity contribution in [3.63, 3.8) is 0 Å². The normalized spacial score (nSPS) is 23.6. The van der Waals surface area contributed by atoms with Gasteiger partial charge in [0.2, 0.25) is 0 Å². The summed E-state index contributed by atoms with van der Waals surface area (Å²) >= 11 is 3.04. The highest BCUT2D eigenvalue weighted by Crippen LogP contribution is 2.25. The Morgan fingerprint density at radius 2 is 2.11 bits per heavy atom. The number of nitrogens with one attached hydrogen (secondary N) is 1. The van der Waals surface area contributed by atoms with Gasteiger partial charge in [0.1, 0.15) is 11.6 Å². The van der Waals surface area contributed by atoms with E-state index in [4.69, 9.17) is 0 Å². The van der Waals surface area contributed by atoms with Crippen molar-refractivity contribution >= 4 is 15.9 Å². The third-order valence-corrected chi connectivity index (χ3v) is 4.00. The van der Waals surface area contributed by atoms with Crippen LogP contribution in [0, 0.1) is 17.6 Å². The molecule has 2 unspecified atom stereocenters. The van der Waals surface area contributed by atoms with E-state index in [1.165, 1.54) is 12.1 Å². The maximum atomic E-state index is 13.7. The van der Waals surface area contributed by atoms with Gasteiger partial charge in [0.15, 0.2) is 0 Å². The smallest absolute Gasteiger partial charge is 0.144 e. The molecule has 1 aliphatic rings. The fraction of sp³-hybridized carbons (Fsp3) is 0.538. The Bertz CT molecular complexity index is 428. The molecule has 1 fully saturated rings. The first-order valence-electron chi connectivity index (χ1n) is 6.09. The molecule has 0 spiro atoms. The lowest BCUT2D eigenvalue weighted by molar-refractivity contribution is 0.177. The van der Waals surface area contributed by atoms with E-state index < -0.39 is 11.6 Å². The van der Waals surface area contributed by atoms with Gasteiger partial charge in [-0.1, -0.05) is 0 Å². The van der Waals surface area contributed by atoms with Crippen LogP contribution in [0.25, 0.3) is 0 Å². The summed E-state index contributed by atoms with van der Waals surface area (Å²) in [4.78, 5) is 0. The maximum absolute atomic E-state index is 13.7. The van der Waals surface area contributed by atoms with Crippen molar-refractivity contribution in [3.8, 4) is 0 Å². The van der Waals surface area contributed by atoms with Crippen LogP contribution < -0.4 is 5.32 Å². The van der Waals surface area contributed by atoms with Gasteiger partial charge in [-0.2, -0.15) is 0 Å². The number of rotatable bonds is 4. The fourth-order valence-corrected chi connectivity index (χ4v) is 2.74. The molecule has 0 radical (unpaired) electrons. The minimum atomic E-state index is -0.547. The molecule has 0 aromatic heterocycles. The Kier molecular flexibility index (Phi) is 4.70. The van der Waals surface area contributed by atoms with Crippen LogP contribution in [0.2, 0.25) is 0 Å². The zero-order valence-electron chi connectivity index (χ0n) is 9.93.